The first-order valence-corrected chi connectivity index (χ1v) is 10.2. The molecule has 1 aromatic carbocycles. The van der Waals surface area contributed by atoms with E-state index in [4.69, 9.17) is 0 Å². The van der Waals surface area contributed by atoms with Gasteiger partial charge in [0.25, 0.3) is 5.56 Å². The summed E-state index contributed by atoms with van der Waals surface area (Å²) in [5.41, 5.74) is 2.37. The Hall–Kier alpha value is -2.93. The molecule has 3 heterocycles. The van der Waals surface area contributed by atoms with E-state index in [0.29, 0.717) is 18.6 Å². The monoisotopic (exact) mass is 394 g/mol. The van der Waals surface area contributed by atoms with Gasteiger partial charge in [-0.05, 0) is 31.0 Å². The van der Waals surface area contributed by atoms with Crippen LogP contribution in [0, 0.1) is 0 Å². The highest BCUT2D eigenvalue weighted by Gasteiger charge is 2.17. The maximum Gasteiger partial charge on any atom is 0.291 e. The minimum absolute atomic E-state index is 0.0605. The zero-order valence-corrected chi connectivity index (χ0v) is 16.8. The van der Waals surface area contributed by atoms with Gasteiger partial charge in [-0.15, -0.1) is 11.3 Å². The third-order valence-electron chi connectivity index (χ3n) is 4.92. The Morgan fingerprint density at radius 1 is 1.14 bits per heavy atom. The number of carbonyl (C=O) groups is 1. The van der Waals surface area contributed by atoms with E-state index in [1.165, 1.54) is 9.56 Å². The quantitative estimate of drug-likeness (QED) is 0.504. The van der Waals surface area contributed by atoms with Crippen LogP contribution in [0.2, 0.25) is 0 Å². The summed E-state index contributed by atoms with van der Waals surface area (Å²) < 4.78 is 4.14. The summed E-state index contributed by atoms with van der Waals surface area (Å²) in [7, 11) is 0. The minimum atomic E-state index is -0.243. The summed E-state index contributed by atoms with van der Waals surface area (Å²) in [6.45, 7) is 5.09. The van der Waals surface area contributed by atoms with E-state index < -0.39 is 0 Å². The molecule has 144 valence electrons. The second kappa shape index (κ2) is 7.59. The molecule has 0 bridgehead atoms. The van der Waals surface area contributed by atoms with Gasteiger partial charge >= 0.3 is 0 Å². The number of hydrogen-bond acceptors (Lipinski definition) is 4. The molecule has 4 aromatic rings. The highest BCUT2D eigenvalue weighted by atomic mass is 32.1. The van der Waals surface area contributed by atoms with E-state index in [9.17, 15) is 9.59 Å². The number of likely N-dealkylation sites (N-methyl/N-ethyl adjacent to an activating group) is 1. The van der Waals surface area contributed by atoms with Crippen LogP contribution in [-0.2, 0) is 24.3 Å². The van der Waals surface area contributed by atoms with Crippen LogP contribution < -0.4 is 5.56 Å². The van der Waals surface area contributed by atoms with Gasteiger partial charge in [0.15, 0.2) is 0 Å². The van der Waals surface area contributed by atoms with Gasteiger partial charge in [0, 0.05) is 18.0 Å². The highest BCUT2D eigenvalue weighted by Crippen LogP contribution is 2.28. The van der Waals surface area contributed by atoms with Crippen LogP contribution >= 0.6 is 11.3 Å². The molecule has 0 aliphatic heterocycles. The van der Waals surface area contributed by atoms with Crippen molar-refractivity contribution in [2.75, 3.05) is 6.54 Å². The van der Waals surface area contributed by atoms with Crippen LogP contribution in [0.1, 0.15) is 24.3 Å². The van der Waals surface area contributed by atoms with E-state index in [2.05, 4.69) is 18.1 Å². The van der Waals surface area contributed by atoms with Crippen molar-refractivity contribution in [2.24, 2.45) is 0 Å². The number of thiophene rings is 1. The van der Waals surface area contributed by atoms with Gasteiger partial charge in [-0.2, -0.15) is 5.10 Å². The lowest BCUT2D eigenvalue weighted by Crippen LogP contribution is -2.37. The fourth-order valence-electron chi connectivity index (χ4n) is 3.34. The molecule has 4 rings (SSSR count). The molecule has 3 aromatic heterocycles. The van der Waals surface area contributed by atoms with Crippen molar-refractivity contribution < 1.29 is 4.79 Å². The molecule has 0 saturated carbocycles. The van der Waals surface area contributed by atoms with Gasteiger partial charge in [-0.3, -0.25) is 14.0 Å². The van der Waals surface area contributed by atoms with Crippen molar-refractivity contribution in [3.8, 4) is 0 Å². The van der Waals surface area contributed by atoms with Gasteiger partial charge in [0.1, 0.15) is 18.4 Å². The van der Waals surface area contributed by atoms with Crippen molar-refractivity contribution in [3.05, 3.63) is 69.6 Å². The number of nitrogens with zero attached hydrogens (tertiary/aromatic N) is 4. The minimum Gasteiger partial charge on any atom is -0.337 e. The van der Waals surface area contributed by atoms with Gasteiger partial charge in [-0.25, -0.2) is 4.68 Å². The molecular formula is C21H22N4O2S. The molecule has 0 fully saturated rings. The fraction of sp³-hybridized carbons (Fsp3) is 0.286. The lowest BCUT2D eigenvalue weighted by molar-refractivity contribution is -0.132. The molecule has 0 saturated heterocycles. The van der Waals surface area contributed by atoms with Crippen LogP contribution in [0.3, 0.4) is 0 Å². The van der Waals surface area contributed by atoms with Gasteiger partial charge in [0.05, 0.1) is 10.2 Å². The standard InChI is InChI=1S/C21H22N4O2S/c1-3-16-10-17-19(28-16)11-18-21(27)25(22-14-24(17)18)13-20(26)23(4-2)12-15-8-6-5-7-9-15/h5-11,14H,3-4,12-13H2,1-2H3. The molecule has 0 aliphatic carbocycles. The first kappa shape index (κ1) is 18.4. The largest absolute Gasteiger partial charge is 0.337 e. The topological polar surface area (TPSA) is 59.6 Å². The highest BCUT2D eigenvalue weighted by molar-refractivity contribution is 7.19. The van der Waals surface area contributed by atoms with Crippen LogP contribution in [0.5, 0.6) is 0 Å². The summed E-state index contributed by atoms with van der Waals surface area (Å²) in [6.07, 6.45) is 2.60. The fourth-order valence-corrected chi connectivity index (χ4v) is 4.37. The van der Waals surface area contributed by atoms with Crippen LogP contribution in [0.4, 0.5) is 0 Å². The summed E-state index contributed by atoms with van der Waals surface area (Å²) in [5.74, 6) is -0.119. The van der Waals surface area contributed by atoms with Crippen LogP contribution in [0.25, 0.3) is 15.7 Å². The van der Waals surface area contributed by atoms with Gasteiger partial charge in [0.2, 0.25) is 5.91 Å². The molecule has 1 amide bonds. The Morgan fingerprint density at radius 2 is 1.93 bits per heavy atom. The number of hydrogen-bond donors (Lipinski definition) is 0. The predicted octanol–water partition coefficient (Wildman–Crippen LogP) is 3.32. The number of aromatic nitrogens is 3. The average Bonchev–Trinajstić information content (AvgIpc) is 3.27. The lowest BCUT2D eigenvalue weighted by Gasteiger charge is -2.21. The summed E-state index contributed by atoms with van der Waals surface area (Å²) in [5, 5.41) is 4.25. The van der Waals surface area contributed by atoms with E-state index in [1.54, 1.807) is 22.6 Å². The van der Waals surface area contributed by atoms with Crippen molar-refractivity contribution >= 4 is 33.0 Å². The van der Waals surface area contributed by atoms with Gasteiger partial charge in [-0.1, -0.05) is 37.3 Å². The summed E-state index contributed by atoms with van der Waals surface area (Å²) in [4.78, 5) is 28.6. The van der Waals surface area contributed by atoms with Crippen molar-refractivity contribution in [1.29, 1.82) is 0 Å². The molecule has 0 unspecified atom stereocenters. The number of carbonyl (C=O) groups excluding carboxylic acids is 1. The predicted molar refractivity (Wildman–Crippen MR) is 112 cm³/mol. The number of rotatable bonds is 6. The first-order valence-electron chi connectivity index (χ1n) is 9.42. The Morgan fingerprint density at radius 3 is 2.64 bits per heavy atom. The maximum atomic E-state index is 12.9. The van der Waals surface area contributed by atoms with Crippen molar-refractivity contribution in [2.45, 2.75) is 33.4 Å². The summed E-state index contributed by atoms with van der Waals surface area (Å²) in [6, 6.07) is 13.8. The second-order valence-corrected chi connectivity index (χ2v) is 7.87. The third-order valence-corrected chi connectivity index (χ3v) is 6.14. The normalized spacial score (nSPS) is 11.4. The Kier molecular flexibility index (Phi) is 5.00. The lowest BCUT2D eigenvalue weighted by atomic mass is 10.2. The molecule has 0 aliphatic rings. The third kappa shape index (κ3) is 3.33. The Bertz CT molecular complexity index is 1190. The molecule has 0 spiro atoms. The van der Waals surface area contributed by atoms with Crippen molar-refractivity contribution in [1.82, 2.24) is 19.1 Å². The second-order valence-electron chi connectivity index (χ2n) is 6.70. The average molecular weight is 394 g/mol. The zero-order chi connectivity index (χ0) is 19.7. The zero-order valence-electron chi connectivity index (χ0n) is 16.0. The van der Waals surface area contributed by atoms with Crippen LogP contribution in [-0.4, -0.2) is 31.5 Å². The Labute approximate surface area is 166 Å². The van der Waals surface area contributed by atoms with Gasteiger partial charge < -0.3 is 4.90 Å². The SMILES string of the molecule is CCc1cc2c(cc3c(=O)n(CC(=O)N(CC)Cc4ccccc4)ncn32)s1. The number of amides is 1. The van der Waals surface area contributed by atoms with E-state index in [1.807, 2.05) is 47.7 Å². The molecular weight excluding hydrogens is 372 g/mol. The molecule has 6 nitrogen and oxygen atoms in total. The number of aryl methyl sites for hydroxylation is 1. The molecule has 0 atom stereocenters. The molecule has 0 radical (unpaired) electrons. The smallest absolute Gasteiger partial charge is 0.291 e. The summed E-state index contributed by atoms with van der Waals surface area (Å²) >= 11 is 1.69. The molecule has 28 heavy (non-hydrogen) atoms. The van der Waals surface area contributed by atoms with Crippen molar-refractivity contribution in [3.63, 3.8) is 0 Å². The number of benzene rings is 1. The first-order chi connectivity index (χ1) is 13.6. The Balaban J connectivity index is 1.60. The van der Waals surface area contributed by atoms with E-state index >= 15 is 0 Å². The van der Waals surface area contributed by atoms with E-state index in [-0.39, 0.29) is 18.0 Å². The maximum absolute atomic E-state index is 12.9. The van der Waals surface area contributed by atoms with Crippen LogP contribution in [0.15, 0.2) is 53.6 Å². The molecule has 7 heteroatoms. The molecule has 0 N–H and O–H groups in total. The number of fused-ring (bicyclic) bond motifs is 3. The van der Waals surface area contributed by atoms with E-state index in [0.717, 1.165) is 22.2 Å².